The second kappa shape index (κ2) is 8.86. The molecular weight excluding hydrogens is 296 g/mol. The lowest BCUT2D eigenvalue weighted by Gasteiger charge is -2.36. The van der Waals surface area contributed by atoms with Gasteiger partial charge in [-0.1, -0.05) is 20.8 Å². The third-order valence-corrected chi connectivity index (χ3v) is 3.94. The van der Waals surface area contributed by atoms with Crippen LogP contribution in [0.3, 0.4) is 0 Å². The van der Waals surface area contributed by atoms with E-state index >= 15 is 0 Å². The standard InChI is InChI=1S/C16H30N4O3/c1-16(2,3)15(23)19-11-14(22)20-9-5-4-6-12(20)10-18-13(21)7-8-17/h12H,4-11,17H2,1-3H3,(H,18,21)(H,19,23). The van der Waals surface area contributed by atoms with Gasteiger partial charge in [0.1, 0.15) is 0 Å². The quantitative estimate of drug-likeness (QED) is 0.639. The Labute approximate surface area is 138 Å². The van der Waals surface area contributed by atoms with E-state index in [1.165, 1.54) is 0 Å². The van der Waals surface area contributed by atoms with Gasteiger partial charge in [-0.3, -0.25) is 14.4 Å². The van der Waals surface area contributed by atoms with Crippen LogP contribution in [0.4, 0.5) is 0 Å². The lowest BCUT2D eigenvalue weighted by atomic mass is 9.96. The molecule has 1 unspecified atom stereocenters. The highest BCUT2D eigenvalue weighted by atomic mass is 16.2. The molecule has 1 saturated heterocycles. The SMILES string of the molecule is CC(C)(C)C(=O)NCC(=O)N1CCCCC1CNC(=O)CCN. The van der Waals surface area contributed by atoms with Gasteiger partial charge in [0.15, 0.2) is 0 Å². The lowest BCUT2D eigenvalue weighted by Crippen LogP contribution is -2.52. The van der Waals surface area contributed by atoms with Crippen LogP contribution in [-0.2, 0) is 14.4 Å². The first kappa shape index (κ1) is 19.4. The highest BCUT2D eigenvalue weighted by Gasteiger charge is 2.28. The van der Waals surface area contributed by atoms with Gasteiger partial charge < -0.3 is 21.3 Å². The summed E-state index contributed by atoms with van der Waals surface area (Å²) in [6, 6.07) is -0.00971. The van der Waals surface area contributed by atoms with Crippen LogP contribution in [0.15, 0.2) is 0 Å². The van der Waals surface area contributed by atoms with E-state index in [2.05, 4.69) is 10.6 Å². The maximum absolute atomic E-state index is 12.4. The lowest BCUT2D eigenvalue weighted by molar-refractivity contribution is -0.137. The highest BCUT2D eigenvalue weighted by Crippen LogP contribution is 2.17. The number of hydrogen-bond acceptors (Lipinski definition) is 4. The summed E-state index contributed by atoms with van der Waals surface area (Å²) >= 11 is 0. The summed E-state index contributed by atoms with van der Waals surface area (Å²) < 4.78 is 0. The number of nitrogens with one attached hydrogen (secondary N) is 2. The van der Waals surface area contributed by atoms with Crippen LogP contribution >= 0.6 is 0 Å². The van der Waals surface area contributed by atoms with E-state index < -0.39 is 5.41 Å². The topological polar surface area (TPSA) is 105 Å². The first-order chi connectivity index (χ1) is 10.8. The molecule has 0 radical (unpaired) electrons. The molecule has 0 aliphatic carbocycles. The van der Waals surface area contributed by atoms with Gasteiger partial charge in [0, 0.05) is 37.5 Å². The summed E-state index contributed by atoms with van der Waals surface area (Å²) in [4.78, 5) is 37.6. The van der Waals surface area contributed by atoms with Gasteiger partial charge in [-0.05, 0) is 19.3 Å². The Kier molecular flexibility index (Phi) is 7.48. The van der Waals surface area contributed by atoms with Crippen LogP contribution in [0.25, 0.3) is 0 Å². The molecular formula is C16H30N4O3. The number of carbonyl (C=O) groups is 3. The molecule has 0 bridgehead atoms. The van der Waals surface area contributed by atoms with Crippen molar-refractivity contribution in [3.63, 3.8) is 0 Å². The van der Waals surface area contributed by atoms with Gasteiger partial charge in [-0.15, -0.1) is 0 Å². The molecule has 4 N–H and O–H groups in total. The second-order valence-corrected chi connectivity index (χ2v) is 7.01. The minimum absolute atomic E-state index is 0.00332. The van der Waals surface area contributed by atoms with Crippen molar-refractivity contribution in [3.05, 3.63) is 0 Å². The fourth-order valence-corrected chi connectivity index (χ4v) is 2.51. The monoisotopic (exact) mass is 326 g/mol. The van der Waals surface area contributed by atoms with E-state index in [-0.39, 0.29) is 30.3 Å². The summed E-state index contributed by atoms with van der Waals surface area (Å²) in [6.45, 7) is 6.86. The van der Waals surface area contributed by atoms with Crippen molar-refractivity contribution in [1.29, 1.82) is 0 Å². The molecule has 7 heteroatoms. The van der Waals surface area contributed by atoms with Crippen molar-refractivity contribution >= 4 is 17.7 Å². The molecule has 132 valence electrons. The Morgan fingerprint density at radius 2 is 1.87 bits per heavy atom. The molecule has 1 atom stereocenters. The Morgan fingerprint density at radius 3 is 2.48 bits per heavy atom. The first-order valence-corrected chi connectivity index (χ1v) is 8.30. The van der Waals surface area contributed by atoms with Crippen LogP contribution < -0.4 is 16.4 Å². The average Bonchev–Trinajstić information content (AvgIpc) is 2.50. The first-order valence-electron chi connectivity index (χ1n) is 8.30. The van der Waals surface area contributed by atoms with Gasteiger partial charge >= 0.3 is 0 Å². The molecule has 1 aliphatic heterocycles. The van der Waals surface area contributed by atoms with Gasteiger partial charge in [-0.25, -0.2) is 0 Å². The molecule has 1 aliphatic rings. The van der Waals surface area contributed by atoms with Crippen LogP contribution in [0.2, 0.25) is 0 Å². The van der Waals surface area contributed by atoms with Crippen molar-refractivity contribution in [2.24, 2.45) is 11.1 Å². The van der Waals surface area contributed by atoms with Gasteiger partial charge in [0.25, 0.3) is 0 Å². The average molecular weight is 326 g/mol. The molecule has 1 rings (SSSR count). The summed E-state index contributed by atoms with van der Waals surface area (Å²) in [6.07, 6.45) is 3.14. The summed E-state index contributed by atoms with van der Waals surface area (Å²) in [7, 11) is 0. The number of likely N-dealkylation sites (tertiary alicyclic amines) is 1. The minimum atomic E-state index is -0.516. The van der Waals surface area contributed by atoms with Crippen LogP contribution in [0.1, 0.15) is 46.5 Å². The second-order valence-electron chi connectivity index (χ2n) is 7.01. The molecule has 0 aromatic rings. The maximum atomic E-state index is 12.4. The smallest absolute Gasteiger partial charge is 0.242 e. The van der Waals surface area contributed by atoms with E-state index in [9.17, 15) is 14.4 Å². The van der Waals surface area contributed by atoms with E-state index in [1.807, 2.05) is 20.8 Å². The zero-order chi connectivity index (χ0) is 17.5. The Balaban J connectivity index is 2.51. The maximum Gasteiger partial charge on any atom is 0.242 e. The van der Waals surface area contributed by atoms with Crippen molar-refractivity contribution in [3.8, 4) is 0 Å². The van der Waals surface area contributed by atoms with Crippen LogP contribution in [0.5, 0.6) is 0 Å². The van der Waals surface area contributed by atoms with Crippen LogP contribution in [-0.4, -0.2) is 54.8 Å². The number of rotatable bonds is 6. The van der Waals surface area contributed by atoms with Crippen molar-refractivity contribution < 1.29 is 14.4 Å². The predicted octanol–water partition coefficient (Wildman–Crippen LogP) is -0.00520. The van der Waals surface area contributed by atoms with E-state index in [0.29, 0.717) is 26.1 Å². The number of hydrogen-bond donors (Lipinski definition) is 3. The van der Waals surface area contributed by atoms with Gasteiger partial charge in [-0.2, -0.15) is 0 Å². The summed E-state index contributed by atoms with van der Waals surface area (Å²) in [5, 5.41) is 5.52. The number of carbonyl (C=O) groups excluding carboxylic acids is 3. The Bertz CT molecular complexity index is 432. The zero-order valence-electron chi connectivity index (χ0n) is 14.5. The molecule has 7 nitrogen and oxygen atoms in total. The molecule has 1 heterocycles. The largest absolute Gasteiger partial charge is 0.354 e. The van der Waals surface area contributed by atoms with Crippen molar-refractivity contribution in [1.82, 2.24) is 15.5 Å². The molecule has 3 amide bonds. The normalized spacial score (nSPS) is 18.4. The highest BCUT2D eigenvalue weighted by molar-refractivity contribution is 5.87. The van der Waals surface area contributed by atoms with Gasteiger partial charge in [0.05, 0.1) is 6.54 Å². The Morgan fingerprint density at radius 1 is 1.17 bits per heavy atom. The number of nitrogens with zero attached hydrogens (tertiary/aromatic N) is 1. The van der Waals surface area contributed by atoms with Crippen LogP contribution in [0, 0.1) is 5.41 Å². The minimum Gasteiger partial charge on any atom is -0.354 e. The predicted molar refractivity (Wildman–Crippen MR) is 88.5 cm³/mol. The van der Waals surface area contributed by atoms with E-state index in [4.69, 9.17) is 5.73 Å². The van der Waals surface area contributed by atoms with E-state index in [1.54, 1.807) is 4.90 Å². The Hall–Kier alpha value is -1.63. The molecule has 23 heavy (non-hydrogen) atoms. The fraction of sp³-hybridized carbons (Fsp3) is 0.812. The molecule has 0 saturated carbocycles. The number of amides is 3. The third kappa shape index (κ3) is 6.56. The molecule has 0 aromatic heterocycles. The third-order valence-electron chi connectivity index (χ3n) is 3.94. The zero-order valence-corrected chi connectivity index (χ0v) is 14.5. The summed E-state index contributed by atoms with van der Waals surface area (Å²) in [5.41, 5.74) is 4.83. The van der Waals surface area contributed by atoms with Crippen molar-refractivity contribution in [2.75, 3.05) is 26.2 Å². The van der Waals surface area contributed by atoms with Crippen molar-refractivity contribution in [2.45, 2.75) is 52.5 Å². The fourth-order valence-electron chi connectivity index (χ4n) is 2.51. The molecule has 0 aromatic carbocycles. The van der Waals surface area contributed by atoms with Gasteiger partial charge in [0.2, 0.25) is 17.7 Å². The molecule has 0 spiro atoms. The summed E-state index contributed by atoms with van der Waals surface area (Å²) in [5.74, 6) is -0.331. The van der Waals surface area contributed by atoms with E-state index in [0.717, 1.165) is 19.3 Å². The number of nitrogens with two attached hydrogens (primary N) is 1. The number of piperidine rings is 1. The molecule has 1 fully saturated rings.